The Morgan fingerprint density at radius 2 is 1.90 bits per heavy atom. The molecule has 0 saturated carbocycles. The van der Waals surface area contributed by atoms with E-state index in [1.54, 1.807) is 0 Å². The van der Waals surface area contributed by atoms with Crippen molar-refractivity contribution in [3.05, 3.63) is 42.0 Å². The number of aromatic nitrogens is 4. The summed E-state index contributed by atoms with van der Waals surface area (Å²) in [5.41, 5.74) is 5.75. The van der Waals surface area contributed by atoms with Crippen molar-refractivity contribution in [1.29, 1.82) is 0 Å². The van der Waals surface area contributed by atoms with Gasteiger partial charge in [-0.25, -0.2) is 4.98 Å². The van der Waals surface area contributed by atoms with Crippen molar-refractivity contribution in [2.45, 2.75) is 26.2 Å². The van der Waals surface area contributed by atoms with Crippen LogP contribution in [-0.4, -0.2) is 59.0 Å². The maximum absolute atomic E-state index is 4.89. The molecule has 5 heterocycles. The monoisotopic (exact) mass is 405 g/mol. The quantitative estimate of drug-likeness (QED) is 0.723. The largest absolute Gasteiger partial charge is 0.371 e. The summed E-state index contributed by atoms with van der Waals surface area (Å²) in [5, 5.41) is 8.99. The van der Waals surface area contributed by atoms with Crippen molar-refractivity contribution in [2.75, 3.05) is 49.1 Å². The molecule has 0 spiro atoms. The van der Waals surface area contributed by atoms with E-state index in [1.807, 2.05) is 17.9 Å². The summed E-state index contributed by atoms with van der Waals surface area (Å²) < 4.78 is 1.87. The van der Waals surface area contributed by atoms with Crippen LogP contribution in [0.25, 0.3) is 11.0 Å². The molecule has 2 atom stereocenters. The number of nitrogens with zero attached hydrogens (tertiary/aromatic N) is 6. The number of piperazine rings is 1. The highest BCUT2D eigenvalue weighted by Gasteiger charge is 2.29. The van der Waals surface area contributed by atoms with Crippen LogP contribution in [0.5, 0.6) is 0 Å². The molecule has 1 N–H and O–H groups in total. The molecule has 2 aliphatic rings. The van der Waals surface area contributed by atoms with Gasteiger partial charge in [-0.1, -0.05) is 6.92 Å². The van der Waals surface area contributed by atoms with E-state index in [0.717, 1.165) is 62.4 Å². The molecule has 3 aromatic heterocycles. The zero-order valence-corrected chi connectivity index (χ0v) is 18.2. The number of piperidine rings is 1. The zero-order chi connectivity index (χ0) is 20.7. The van der Waals surface area contributed by atoms with Crippen LogP contribution in [0, 0.1) is 12.8 Å². The second kappa shape index (κ2) is 7.87. The number of nitrogens with one attached hydrogen (secondary N) is 1. The Bertz CT molecular complexity index is 1020. The van der Waals surface area contributed by atoms with Gasteiger partial charge in [-0.2, -0.15) is 5.10 Å². The lowest BCUT2D eigenvalue weighted by atomic mass is 9.84. The van der Waals surface area contributed by atoms with Crippen molar-refractivity contribution < 1.29 is 0 Å². The molecule has 2 saturated heterocycles. The summed E-state index contributed by atoms with van der Waals surface area (Å²) in [6.45, 7) is 10.7. The van der Waals surface area contributed by atoms with Crippen LogP contribution in [0.1, 0.15) is 30.7 Å². The summed E-state index contributed by atoms with van der Waals surface area (Å²) in [4.78, 5) is 14.5. The lowest BCUT2D eigenvalue weighted by molar-refractivity contribution is 0.377. The Morgan fingerprint density at radius 1 is 1.07 bits per heavy atom. The van der Waals surface area contributed by atoms with Gasteiger partial charge in [-0.3, -0.25) is 9.67 Å². The van der Waals surface area contributed by atoms with Crippen molar-refractivity contribution in [2.24, 2.45) is 13.0 Å². The van der Waals surface area contributed by atoms with E-state index in [4.69, 9.17) is 4.98 Å². The number of anilines is 2. The first kappa shape index (κ1) is 19.3. The van der Waals surface area contributed by atoms with Gasteiger partial charge in [0.05, 0.1) is 29.2 Å². The molecule has 2 fully saturated rings. The van der Waals surface area contributed by atoms with Crippen molar-refractivity contribution in [3.63, 3.8) is 0 Å². The lowest BCUT2D eigenvalue weighted by Crippen LogP contribution is -2.43. The molecule has 0 aliphatic carbocycles. The molecule has 0 radical (unpaired) electrons. The predicted octanol–water partition coefficient (Wildman–Crippen LogP) is 2.71. The number of fused-ring (bicyclic) bond motifs is 1. The van der Waals surface area contributed by atoms with Crippen molar-refractivity contribution in [1.82, 2.24) is 25.1 Å². The van der Waals surface area contributed by atoms with E-state index in [0.29, 0.717) is 11.8 Å². The smallest absolute Gasteiger partial charge is 0.159 e. The third kappa shape index (κ3) is 3.51. The maximum Gasteiger partial charge on any atom is 0.159 e. The van der Waals surface area contributed by atoms with Gasteiger partial charge in [0.25, 0.3) is 0 Å². The van der Waals surface area contributed by atoms with E-state index < -0.39 is 0 Å². The number of aryl methyl sites for hydroxylation is 2. The average molecular weight is 406 g/mol. The highest BCUT2D eigenvalue weighted by molar-refractivity contribution is 5.89. The maximum atomic E-state index is 4.89. The van der Waals surface area contributed by atoms with Crippen LogP contribution in [-0.2, 0) is 7.05 Å². The molecule has 0 unspecified atom stereocenters. The van der Waals surface area contributed by atoms with Crippen LogP contribution in [0.3, 0.4) is 0 Å². The molecule has 0 aromatic carbocycles. The lowest BCUT2D eigenvalue weighted by Gasteiger charge is -2.38. The zero-order valence-electron chi connectivity index (χ0n) is 18.2. The van der Waals surface area contributed by atoms with Gasteiger partial charge in [-0.05, 0) is 37.5 Å². The van der Waals surface area contributed by atoms with Crippen LogP contribution in [0.15, 0.2) is 30.6 Å². The second-order valence-corrected chi connectivity index (χ2v) is 8.79. The van der Waals surface area contributed by atoms with E-state index in [1.165, 1.54) is 17.1 Å². The Kier molecular flexibility index (Phi) is 5.06. The fourth-order valence-electron chi connectivity index (χ4n) is 5.01. The summed E-state index contributed by atoms with van der Waals surface area (Å²) in [7, 11) is 1.96. The fraction of sp³-hybridized carbons (Fsp3) is 0.522. The van der Waals surface area contributed by atoms with E-state index in [-0.39, 0.29) is 0 Å². The summed E-state index contributed by atoms with van der Waals surface area (Å²) in [5.74, 6) is 1.04. The van der Waals surface area contributed by atoms with Crippen molar-refractivity contribution >= 4 is 22.4 Å². The normalized spacial score (nSPS) is 22.6. The van der Waals surface area contributed by atoms with Crippen LogP contribution in [0.2, 0.25) is 0 Å². The molecule has 3 aromatic rings. The summed E-state index contributed by atoms with van der Waals surface area (Å²) >= 11 is 0. The molecule has 7 nitrogen and oxygen atoms in total. The van der Waals surface area contributed by atoms with Gasteiger partial charge in [-0.15, -0.1) is 0 Å². The third-order valence-electron chi connectivity index (χ3n) is 6.69. The Labute approximate surface area is 178 Å². The van der Waals surface area contributed by atoms with Gasteiger partial charge in [0.1, 0.15) is 0 Å². The van der Waals surface area contributed by atoms with Gasteiger partial charge in [0.15, 0.2) is 5.65 Å². The van der Waals surface area contributed by atoms with Gasteiger partial charge in [0.2, 0.25) is 0 Å². The number of hydrogen-bond acceptors (Lipinski definition) is 6. The summed E-state index contributed by atoms with van der Waals surface area (Å²) in [6, 6.07) is 6.72. The standard InChI is InChI=1S/C23H31N7/c1-16-15-30(22-12-17(2)27-23-20(22)14-26-28(23)3)9-6-19(16)21-5-4-18(13-25-21)29-10-7-24-8-11-29/h4-5,12-14,16,19,24H,6-11,15H2,1-3H3/t16-,19-/m1/s1. The van der Waals surface area contributed by atoms with Crippen LogP contribution >= 0.6 is 0 Å². The molecule has 5 rings (SSSR count). The molecule has 7 heteroatoms. The van der Waals surface area contributed by atoms with Gasteiger partial charge in [0, 0.05) is 63.6 Å². The molecule has 2 aliphatic heterocycles. The molecule has 0 bridgehead atoms. The molecule has 0 amide bonds. The van der Waals surface area contributed by atoms with E-state index in [9.17, 15) is 0 Å². The average Bonchev–Trinajstić information content (AvgIpc) is 3.14. The Morgan fingerprint density at radius 3 is 2.63 bits per heavy atom. The first-order chi connectivity index (χ1) is 14.6. The highest BCUT2D eigenvalue weighted by atomic mass is 15.3. The third-order valence-corrected chi connectivity index (χ3v) is 6.69. The fourth-order valence-corrected chi connectivity index (χ4v) is 5.01. The molecule has 30 heavy (non-hydrogen) atoms. The van der Waals surface area contributed by atoms with E-state index in [2.05, 4.69) is 63.4 Å². The van der Waals surface area contributed by atoms with Crippen LogP contribution in [0.4, 0.5) is 11.4 Å². The second-order valence-electron chi connectivity index (χ2n) is 8.79. The first-order valence-corrected chi connectivity index (χ1v) is 11.1. The number of rotatable bonds is 3. The highest BCUT2D eigenvalue weighted by Crippen LogP contribution is 2.36. The minimum atomic E-state index is 0.505. The van der Waals surface area contributed by atoms with Crippen molar-refractivity contribution in [3.8, 4) is 0 Å². The minimum absolute atomic E-state index is 0.505. The topological polar surface area (TPSA) is 62.1 Å². The van der Waals surface area contributed by atoms with Gasteiger partial charge < -0.3 is 15.1 Å². The molecular formula is C23H31N7. The summed E-state index contributed by atoms with van der Waals surface area (Å²) in [6.07, 6.45) is 5.14. The number of hydrogen-bond donors (Lipinski definition) is 1. The SMILES string of the molecule is Cc1cc(N2CC[C@@H](c3ccc(N4CCNCC4)cn3)[C@H](C)C2)c2cnn(C)c2n1. The first-order valence-electron chi connectivity index (χ1n) is 11.1. The van der Waals surface area contributed by atoms with Crippen LogP contribution < -0.4 is 15.1 Å². The Hall–Kier alpha value is -2.67. The van der Waals surface area contributed by atoms with E-state index >= 15 is 0 Å². The van der Waals surface area contributed by atoms with Gasteiger partial charge >= 0.3 is 0 Å². The minimum Gasteiger partial charge on any atom is -0.371 e. The Balaban J connectivity index is 1.33. The molecule has 158 valence electrons. The number of pyridine rings is 2. The molecular weight excluding hydrogens is 374 g/mol. The predicted molar refractivity (Wildman–Crippen MR) is 121 cm³/mol.